The van der Waals surface area contributed by atoms with Crippen LogP contribution in [0.5, 0.6) is 5.75 Å². The first-order valence-corrected chi connectivity index (χ1v) is 6.74. The van der Waals surface area contributed by atoms with Gasteiger partial charge in [0.15, 0.2) is 11.6 Å². The molecule has 1 N–H and O–H groups in total. The predicted octanol–water partition coefficient (Wildman–Crippen LogP) is 2.30. The van der Waals surface area contributed by atoms with E-state index in [9.17, 15) is 0 Å². The lowest BCUT2D eigenvalue weighted by Crippen LogP contribution is -2.30. The Morgan fingerprint density at radius 3 is 2.72 bits per heavy atom. The largest absolute Gasteiger partial charge is 0.490 e. The minimum Gasteiger partial charge on any atom is -0.490 e. The molecule has 0 unspecified atom stereocenters. The number of piperidine rings is 1. The van der Waals surface area contributed by atoms with Gasteiger partial charge in [-0.05, 0) is 25.7 Å². The summed E-state index contributed by atoms with van der Waals surface area (Å²) in [5.74, 6) is 2.49. The van der Waals surface area contributed by atoms with Gasteiger partial charge in [0.05, 0.1) is 7.11 Å². The molecular formula is C13H22N4O. The Morgan fingerprint density at radius 2 is 2.06 bits per heavy atom. The van der Waals surface area contributed by atoms with E-state index < -0.39 is 0 Å². The van der Waals surface area contributed by atoms with Crippen LogP contribution >= 0.6 is 0 Å². The molecule has 1 aromatic heterocycles. The Hall–Kier alpha value is -1.52. The van der Waals surface area contributed by atoms with E-state index >= 15 is 0 Å². The summed E-state index contributed by atoms with van der Waals surface area (Å²) < 4.78 is 5.50. The number of aromatic nitrogens is 2. The minimum atomic E-state index is 0.771. The number of hydrogen-bond acceptors (Lipinski definition) is 5. The second-order valence-electron chi connectivity index (χ2n) is 4.55. The van der Waals surface area contributed by atoms with Crippen LogP contribution in [-0.4, -0.2) is 36.7 Å². The highest BCUT2D eigenvalue weighted by molar-refractivity contribution is 5.64. The molecule has 0 saturated carbocycles. The third-order valence-electron chi connectivity index (χ3n) is 3.19. The van der Waals surface area contributed by atoms with Gasteiger partial charge in [0.25, 0.3) is 0 Å². The highest BCUT2D eigenvalue weighted by Gasteiger charge is 2.19. The molecule has 1 saturated heterocycles. The number of ether oxygens (including phenoxy) is 1. The highest BCUT2D eigenvalue weighted by atomic mass is 16.5. The van der Waals surface area contributed by atoms with Crippen molar-refractivity contribution in [1.82, 2.24) is 9.97 Å². The third kappa shape index (κ3) is 2.83. The average molecular weight is 250 g/mol. The van der Waals surface area contributed by atoms with E-state index in [0.717, 1.165) is 43.4 Å². The summed E-state index contributed by atoms with van der Waals surface area (Å²) in [5.41, 5.74) is 0. The van der Waals surface area contributed by atoms with Gasteiger partial charge in [-0.1, -0.05) is 6.92 Å². The fourth-order valence-electron chi connectivity index (χ4n) is 2.25. The zero-order valence-corrected chi connectivity index (χ0v) is 11.3. The van der Waals surface area contributed by atoms with Crippen LogP contribution in [0.2, 0.25) is 0 Å². The van der Waals surface area contributed by atoms with E-state index in [0.29, 0.717) is 0 Å². The van der Waals surface area contributed by atoms with Crippen LogP contribution in [0.3, 0.4) is 0 Å². The van der Waals surface area contributed by atoms with Gasteiger partial charge in [-0.2, -0.15) is 0 Å². The van der Waals surface area contributed by atoms with E-state index in [2.05, 4.69) is 27.1 Å². The van der Waals surface area contributed by atoms with E-state index in [1.54, 1.807) is 13.4 Å². The zero-order chi connectivity index (χ0) is 12.8. The first-order chi connectivity index (χ1) is 8.86. The molecular weight excluding hydrogens is 228 g/mol. The summed E-state index contributed by atoms with van der Waals surface area (Å²) >= 11 is 0. The van der Waals surface area contributed by atoms with Gasteiger partial charge in [-0.25, -0.2) is 9.97 Å². The molecule has 0 bridgehead atoms. The molecule has 18 heavy (non-hydrogen) atoms. The van der Waals surface area contributed by atoms with Gasteiger partial charge >= 0.3 is 0 Å². The first-order valence-electron chi connectivity index (χ1n) is 6.74. The quantitative estimate of drug-likeness (QED) is 0.869. The molecule has 1 aromatic rings. The molecule has 2 heterocycles. The van der Waals surface area contributed by atoms with Crippen LogP contribution in [0.4, 0.5) is 11.6 Å². The first kappa shape index (κ1) is 12.9. The number of rotatable bonds is 5. The molecule has 100 valence electrons. The van der Waals surface area contributed by atoms with Gasteiger partial charge in [0, 0.05) is 19.6 Å². The Labute approximate surface area is 109 Å². The second-order valence-corrected chi connectivity index (χ2v) is 4.55. The van der Waals surface area contributed by atoms with Gasteiger partial charge < -0.3 is 15.0 Å². The standard InChI is InChI=1S/C13H22N4O/c1-3-7-14-12-11(18-2)13(16-10-15-12)17-8-5-4-6-9-17/h10H,3-9H2,1-2H3,(H,14,15,16). The van der Waals surface area contributed by atoms with Crippen molar-refractivity contribution >= 4 is 11.6 Å². The molecule has 1 fully saturated rings. The van der Waals surface area contributed by atoms with E-state index in [4.69, 9.17) is 4.74 Å². The van der Waals surface area contributed by atoms with Crippen molar-refractivity contribution in [2.24, 2.45) is 0 Å². The monoisotopic (exact) mass is 250 g/mol. The van der Waals surface area contributed by atoms with Crippen LogP contribution in [0.1, 0.15) is 32.6 Å². The molecule has 5 nitrogen and oxygen atoms in total. The Bertz CT molecular complexity index is 377. The lowest BCUT2D eigenvalue weighted by Gasteiger charge is -2.29. The van der Waals surface area contributed by atoms with Crippen LogP contribution in [0.15, 0.2) is 6.33 Å². The highest BCUT2D eigenvalue weighted by Crippen LogP contribution is 2.33. The molecule has 1 aliphatic heterocycles. The number of hydrogen-bond donors (Lipinski definition) is 1. The minimum absolute atomic E-state index is 0.771. The van der Waals surface area contributed by atoms with Gasteiger partial charge in [-0.3, -0.25) is 0 Å². The molecule has 0 radical (unpaired) electrons. The van der Waals surface area contributed by atoms with Crippen molar-refractivity contribution in [3.05, 3.63) is 6.33 Å². The number of methoxy groups -OCH3 is 1. The second kappa shape index (κ2) is 6.42. The summed E-state index contributed by atoms with van der Waals surface area (Å²) in [6, 6.07) is 0. The predicted molar refractivity (Wildman–Crippen MR) is 73.4 cm³/mol. The fraction of sp³-hybridized carbons (Fsp3) is 0.692. The number of anilines is 2. The van der Waals surface area contributed by atoms with Gasteiger partial charge in [-0.15, -0.1) is 0 Å². The molecule has 0 aromatic carbocycles. The number of nitrogens with one attached hydrogen (secondary N) is 1. The van der Waals surface area contributed by atoms with Crippen LogP contribution in [0.25, 0.3) is 0 Å². The summed E-state index contributed by atoms with van der Waals surface area (Å²) in [6.45, 7) is 5.14. The zero-order valence-electron chi connectivity index (χ0n) is 11.3. The topological polar surface area (TPSA) is 50.3 Å². The Kier molecular flexibility index (Phi) is 4.61. The van der Waals surface area contributed by atoms with Crippen LogP contribution in [0, 0.1) is 0 Å². The average Bonchev–Trinajstić information content (AvgIpc) is 2.45. The molecule has 0 aliphatic carbocycles. The van der Waals surface area contributed by atoms with Crippen molar-refractivity contribution in [2.75, 3.05) is 37.0 Å². The lowest BCUT2D eigenvalue weighted by molar-refractivity contribution is 0.410. The van der Waals surface area contributed by atoms with Gasteiger partial charge in [0.1, 0.15) is 6.33 Å². The van der Waals surface area contributed by atoms with Crippen molar-refractivity contribution in [3.63, 3.8) is 0 Å². The smallest absolute Gasteiger partial charge is 0.204 e. The maximum absolute atomic E-state index is 5.50. The molecule has 1 aliphatic rings. The van der Waals surface area contributed by atoms with E-state index in [1.807, 2.05) is 0 Å². The molecule has 0 atom stereocenters. The van der Waals surface area contributed by atoms with E-state index in [-0.39, 0.29) is 0 Å². The molecule has 5 heteroatoms. The summed E-state index contributed by atoms with van der Waals surface area (Å²) in [4.78, 5) is 11.0. The third-order valence-corrected chi connectivity index (χ3v) is 3.19. The maximum Gasteiger partial charge on any atom is 0.204 e. The number of nitrogens with zero attached hydrogens (tertiary/aromatic N) is 3. The molecule has 0 amide bonds. The maximum atomic E-state index is 5.50. The summed E-state index contributed by atoms with van der Waals surface area (Å²) in [7, 11) is 1.68. The van der Waals surface area contributed by atoms with Crippen molar-refractivity contribution < 1.29 is 4.74 Å². The Balaban J connectivity index is 2.22. The molecule has 0 spiro atoms. The molecule has 2 rings (SSSR count). The van der Waals surface area contributed by atoms with Crippen molar-refractivity contribution in [3.8, 4) is 5.75 Å². The normalized spacial score (nSPS) is 15.6. The van der Waals surface area contributed by atoms with Crippen molar-refractivity contribution in [2.45, 2.75) is 32.6 Å². The Morgan fingerprint density at radius 1 is 1.28 bits per heavy atom. The fourth-order valence-corrected chi connectivity index (χ4v) is 2.25. The lowest BCUT2D eigenvalue weighted by atomic mass is 10.1. The van der Waals surface area contributed by atoms with Gasteiger partial charge in [0.2, 0.25) is 5.75 Å². The summed E-state index contributed by atoms with van der Waals surface area (Å²) in [6.07, 6.45) is 6.44. The van der Waals surface area contributed by atoms with Crippen LogP contribution in [-0.2, 0) is 0 Å². The SMILES string of the molecule is CCCNc1ncnc(N2CCCCC2)c1OC. The van der Waals surface area contributed by atoms with E-state index in [1.165, 1.54) is 19.3 Å². The van der Waals surface area contributed by atoms with Crippen LogP contribution < -0.4 is 15.0 Å². The summed E-state index contributed by atoms with van der Waals surface area (Å²) in [5, 5.41) is 3.29. The van der Waals surface area contributed by atoms with Crippen molar-refractivity contribution in [1.29, 1.82) is 0 Å².